The highest BCUT2D eigenvalue weighted by Crippen LogP contribution is 2.48. The molecule has 0 spiro atoms. The summed E-state index contributed by atoms with van der Waals surface area (Å²) in [5.74, 6) is -0.147. The van der Waals surface area contributed by atoms with Gasteiger partial charge in [-0.25, -0.2) is 8.42 Å². The Bertz CT molecular complexity index is 2400. The molecule has 0 aliphatic rings. The molecule has 50 heavy (non-hydrogen) atoms. The average Bonchev–Trinajstić information content (AvgIpc) is 3.71. The minimum absolute atomic E-state index is 0.147. The van der Waals surface area contributed by atoms with Crippen LogP contribution < -0.4 is 0 Å². The Balaban J connectivity index is 1.46. The maximum Gasteiger partial charge on any atom is 0.179 e. The summed E-state index contributed by atoms with van der Waals surface area (Å²) >= 11 is 0. The number of aromatic nitrogens is 2. The van der Waals surface area contributed by atoms with Gasteiger partial charge in [0.1, 0.15) is 0 Å². The number of para-hydroxylation sites is 2. The molecule has 0 unspecified atom stereocenters. The van der Waals surface area contributed by atoms with E-state index in [2.05, 4.69) is 131 Å². The molecule has 4 nitrogen and oxygen atoms in total. The first-order valence-corrected chi connectivity index (χ1v) is 18.7. The zero-order chi connectivity index (χ0) is 34.1. The van der Waals surface area contributed by atoms with E-state index in [0.29, 0.717) is 18.0 Å². The summed E-state index contributed by atoms with van der Waals surface area (Å²) in [4.78, 5) is 0.324. The van der Waals surface area contributed by atoms with Gasteiger partial charge in [0.15, 0.2) is 9.84 Å². The Labute approximate surface area is 293 Å². The molecule has 5 heteroatoms. The van der Waals surface area contributed by atoms with Gasteiger partial charge in [-0.1, -0.05) is 145 Å². The largest absolute Gasteiger partial charge is 0.343 e. The lowest BCUT2D eigenvalue weighted by molar-refractivity contribution is 0.578. The fourth-order valence-corrected chi connectivity index (χ4v) is 9.29. The standard InChI is InChI=1S/C45H38N2O2S/c1-34-25-27-38(28-26-34)50(48,49)33-45(37-19-9-4-10-20-37,41-31-46(29-35-15-5-2-6-16-35)43-23-13-11-21-39(41)43)42-32-47(30-36-17-7-3-8-18-36)44-24-14-12-22-40(42)44/h2-28,31-32H,29-30,33H2,1H3. The predicted molar refractivity (Wildman–Crippen MR) is 205 cm³/mol. The molecule has 0 N–H and O–H groups in total. The molecule has 0 bridgehead atoms. The third-order valence-corrected chi connectivity index (χ3v) is 11.7. The summed E-state index contributed by atoms with van der Waals surface area (Å²) in [6.07, 6.45) is 4.41. The van der Waals surface area contributed by atoms with E-state index < -0.39 is 15.3 Å². The average molecular weight is 671 g/mol. The highest BCUT2D eigenvalue weighted by molar-refractivity contribution is 7.91. The Kier molecular flexibility index (Phi) is 8.21. The Morgan fingerprint density at radius 3 is 1.40 bits per heavy atom. The van der Waals surface area contributed by atoms with E-state index in [1.165, 1.54) is 11.1 Å². The lowest BCUT2D eigenvalue weighted by Crippen LogP contribution is -2.37. The van der Waals surface area contributed by atoms with E-state index >= 15 is 0 Å². The van der Waals surface area contributed by atoms with Gasteiger partial charge >= 0.3 is 0 Å². The molecule has 0 saturated carbocycles. The minimum atomic E-state index is -3.83. The number of nitrogens with zero attached hydrogens (tertiary/aromatic N) is 2. The van der Waals surface area contributed by atoms with Crippen LogP contribution >= 0.6 is 0 Å². The zero-order valence-electron chi connectivity index (χ0n) is 28.0. The number of hydrogen-bond acceptors (Lipinski definition) is 2. The van der Waals surface area contributed by atoms with Crippen molar-refractivity contribution >= 4 is 31.6 Å². The van der Waals surface area contributed by atoms with Gasteiger partial charge in [0.25, 0.3) is 0 Å². The molecule has 0 saturated heterocycles. The van der Waals surface area contributed by atoms with Crippen molar-refractivity contribution in [2.24, 2.45) is 0 Å². The van der Waals surface area contributed by atoms with Gasteiger partial charge in [0.2, 0.25) is 0 Å². The molecule has 2 heterocycles. The van der Waals surface area contributed by atoms with E-state index in [9.17, 15) is 8.42 Å². The van der Waals surface area contributed by atoms with Gasteiger partial charge in [-0.3, -0.25) is 0 Å². The van der Waals surface area contributed by atoms with Crippen molar-refractivity contribution in [2.45, 2.75) is 30.3 Å². The first kappa shape index (κ1) is 31.6. The van der Waals surface area contributed by atoms with Gasteiger partial charge in [0.05, 0.1) is 16.1 Å². The number of aryl methyl sites for hydroxylation is 1. The van der Waals surface area contributed by atoms with Crippen LogP contribution in [0.15, 0.2) is 181 Å². The van der Waals surface area contributed by atoms with E-state index in [0.717, 1.165) is 44.1 Å². The second-order valence-corrected chi connectivity index (χ2v) is 15.2. The van der Waals surface area contributed by atoms with Crippen molar-refractivity contribution in [3.8, 4) is 0 Å². The van der Waals surface area contributed by atoms with Crippen molar-refractivity contribution in [1.82, 2.24) is 9.13 Å². The maximum atomic E-state index is 14.9. The van der Waals surface area contributed by atoms with Crippen molar-refractivity contribution in [3.63, 3.8) is 0 Å². The SMILES string of the molecule is Cc1ccc(S(=O)(=O)CC(c2ccccc2)(c2cn(Cc3ccccc3)c3ccccc23)c2cn(Cc3ccccc3)c3ccccc23)cc1. The number of benzene rings is 6. The van der Waals surface area contributed by atoms with Crippen LogP contribution in [0.5, 0.6) is 0 Å². The molecule has 6 aromatic carbocycles. The normalized spacial score (nSPS) is 12.1. The van der Waals surface area contributed by atoms with Gasteiger partial charge < -0.3 is 9.13 Å². The highest BCUT2D eigenvalue weighted by Gasteiger charge is 2.45. The predicted octanol–water partition coefficient (Wildman–Crippen LogP) is 9.81. The molecule has 0 amide bonds. The zero-order valence-corrected chi connectivity index (χ0v) is 28.8. The molecular weight excluding hydrogens is 633 g/mol. The van der Waals surface area contributed by atoms with Crippen LogP contribution in [0.25, 0.3) is 21.8 Å². The summed E-state index contributed by atoms with van der Waals surface area (Å²) in [6.45, 7) is 3.30. The minimum Gasteiger partial charge on any atom is -0.343 e. The van der Waals surface area contributed by atoms with Crippen molar-refractivity contribution in [3.05, 3.63) is 210 Å². The number of fused-ring (bicyclic) bond motifs is 2. The van der Waals surface area contributed by atoms with Gasteiger partial charge in [-0.05, 0) is 59.0 Å². The van der Waals surface area contributed by atoms with Crippen molar-refractivity contribution < 1.29 is 8.42 Å². The molecule has 0 fully saturated rings. The van der Waals surface area contributed by atoms with Crippen LogP contribution in [-0.4, -0.2) is 23.3 Å². The van der Waals surface area contributed by atoms with E-state index in [1.807, 2.05) is 49.4 Å². The van der Waals surface area contributed by atoms with Crippen molar-refractivity contribution in [2.75, 3.05) is 5.75 Å². The molecule has 0 radical (unpaired) electrons. The molecule has 2 aromatic heterocycles. The third kappa shape index (κ3) is 5.74. The topological polar surface area (TPSA) is 44.0 Å². The molecule has 0 atom stereocenters. The van der Waals surface area contributed by atoms with Crippen LogP contribution in [0.1, 0.15) is 33.4 Å². The van der Waals surface area contributed by atoms with Crippen LogP contribution in [0.3, 0.4) is 0 Å². The van der Waals surface area contributed by atoms with E-state index in [4.69, 9.17) is 0 Å². The Morgan fingerprint density at radius 1 is 0.500 bits per heavy atom. The van der Waals surface area contributed by atoms with Crippen LogP contribution in [-0.2, 0) is 28.3 Å². The van der Waals surface area contributed by atoms with E-state index in [1.54, 1.807) is 12.1 Å². The maximum absolute atomic E-state index is 14.9. The van der Waals surface area contributed by atoms with Gasteiger partial charge in [-0.15, -0.1) is 0 Å². The quantitative estimate of drug-likeness (QED) is 0.145. The Morgan fingerprint density at radius 2 is 0.920 bits per heavy atom. The smallest absolute Gasteiger partial charge is 0.179 e. The molecule has 246 valence electrons. The highest BCUT2D eigenvalue weighted by atomic mass is 32.2. The van der Waals surface area contributed by atoms with Crippen LogP contribution in [0.4, 0.5) is 0 Å². The fourth-order valence-electron chi connectivity index (χ4n) is 7.53. The fraction of sp³-hybridized carbons (Fsp3) is 0.111. The summed E-state index contributed by atoms with van der Waals surface area (Å²) in [6, 6.07) is 55.2. The molecule has 0 aliphatic carbocycles. The molecule has 8 aromatic rings. The van der Waals surface area contributed by atoms with E-state index in [-0.39, 0.29) is 5.75 Å². The van der Waals surface area contributed by atoms with Crippen molar-refractivity contribution in [1.29, 1.82) is 0 Å². The second-order valence-electron chi connectivity index (χ2n) is 13.2. The summed E-state index contributed by atoms with van der Waals surface area (Å²) in [5.41, 5.74) is 7.29. The monoisotopic (exact) mass is 670 g/mol. The second kappa shape index (κ2) is 13.0. The number of rotatable bonds is 10. The lowest BCUT2D eigenvalue weighted by atomic mass is 9.70. The Hall–Kier alpha value is -5.65. The first-order valence-electron chi connectivity index (χ1n) is 17.0. The number of sulfone groups is 1. The number of hydrogen-bond donors (Lipinski definition) is 0. The molecular formula is C45H38N2O2S. The summed E-state index contributed by atoms with van der Waals surface area (Å²) in [5, 5.41) is 2.07. The first-order chi connectivity index (χ1) is 24.4. The third-order valence-electron chi connectivity index (χ3n) is 9.94. The van der Waals surface area contributed by atoms with Crippen LogP contribution in [0, 0.1) is 6.92 Å². The lowest BCUT2D eigenvalue weighted by Gasteiger charge is -2.35. The van der Waals surface area contributed by atoms with Gasteiger partial charge in [0, 0.05) is 47.3 Å². The molecule has 0 aliphatic heterocycles. The molecule has 8 rings (SSSR count). The summed E-state index contributed by atoms with van der Waals surface area (Å²) in [7, 11) is -3.83. The van der Waals surface area contributed by atoms with Gasteiger partial charge in [-0.2, -0.15) is 0 Å². The summed E-state index contributed by atoms with van der Waals surface area (Å²) < 4.78 is 34.4. The van der Waals surface area contributed by atoms with Crippen LogP contribution in [0.2, 0.25) is 0 Å².